The van der Waals surface area contributed by atoms with Gasteiger partial charge in [0.15, 0.2) is 0 Å². The quantitative estimate of drug-likeness (QED) is 0.770. The highest BCUT2D eigenvalue weighted by molar-refractivity contribution is 6.22. The van der Waals surface area contributed by atoms with Gasteiger partial charge in [0.05, 0.1) is 16.7 Å². The van der Waals surface area contributed by atoms with Crippen molar-refractivity contribution in [2.24, 2.45) is 0 Å². The number of amides is 3. The van der Waals surface area contributed by atoms with E-state index in [1.54, 1.807) is 0 Å². The molecule has 1 N–H and O–H groups in total. The van der Waals surface area contributed by atoms with Crippen LogP contribution < -0.4 is 4.90 Å². The third kappa shape index (κ3) is 3.96. The van der Waals surface area contributed by atoms with E-state index in [0.29, 0.717) is 15.9 Å². The van der Waals surface area contributed by atoms with Crippen LogP contribution in [0.2, 0.25) is 0 Å². The molecule has 150 valence electrons. The van der Waals surface area contributed by atoms with E-state index in [-0.39, 0.29) is 16.8 Å². The van der Waals surface area contributed by atoms with E-state index in [1.807, 2.05) is 0 Å². The van der Waals surface area contributed by atoms with Crippen LogP contribution in [-0.4, -0.2) is 46.8 Å². The van der Waals surface area contributed by atoms with Crippen LogP contribution in [0.25, 0.3) is 0 Å². The van der Waals surface area contributed by atoms with E-state index in [9.17, 15) is 32.3 Å². The molecule has 7 nitrogen and oxygen atoms in total. The average Bonchev–Trinajstić information content (AvgIpc) is 2.90. The standard InChI is InChI=1S/C19H13F3N2O5/c20-19(21,22)11-4-3-5-12(8-11)23(10-16(26)27)15(25)9-24-17(28)13-6-1-2-7-14(13)18(24)29/h1-8H,9-10H2,(H,26,27). The lowest BCUT2D eigenvalue weighted by Gasteiger charge is -2.24. The molecule has 0 unspecified atom stereocenters. The third-order valence-corrected chi connectivity index (χ3v) is 4.25. The summed E-state index contributed by atoms with van der Waals surface area (Å²) in [5.74, 6) is -3.96. The van der Waals surface area contributed by atoms with Crippen LogP contribution in [-0.2, 0) is 15.8 Å². The molecule has 0 bridgehead atoms. The number of carboxylic acid groups (broad SMARTS) is 1. The number of hydrogen-bond acceptors (Lipinski definition) is 4. The number of halogens is 3. The van der Waals surface area contributed by atoms with Crippen LogP contribution in [0.1, 0.15) is 26.3 Å². The second-order valence-corrected chi connectivity index (χ2v) is 6.16. The van der Waals surface area contributed by atoms with E-state index >= 15 is 0 Å². The number of hydrogen-bond donors (Lipinski definition) is 1. The third-order valence-electron chi connectivity index (χ3n) is 4.25. The lowest BCUT2D eigenvalue weighted by atomic mass is 10.1. The monoisotopic (exact) mass is 406 g/mol. The van der Waals surface area contributed by atoms with Gasteiger partial charge in [-0.25, -0.2) is 0 Å². The van der Waals surface area contributed by atoms with Crippen molar-refractivity contribution < 1.29 is 37.5 Å². The number of imide groups is 1. The number of nitrogens with zero attached hydrogens (tertiary/aromatic N) is 2. The number of anilines is 1. The summed E-state index contributed by atoms with van der Waals surface area (Å²) in [4.78, 5) is 49.8. The highest BCUT2D eigenvalue weighted by atomic mass is 19.4. The normalized spacial score (nSPS) is 13.4. The van der Waals surface area contributed by atoms with Gasteiger partial charge in [-0.2, -0.15) is 13.2 Å². The number of alkyl halides is 3. The second kappa shape index (κ2) is 7.38. The predicted octanol–water partition coefficient (Wildman–Crippen LogP) is 2.42. The van der Waals surface area contributed by atoms with Gasteiger partial charge in [0, 0.05) is 5.69 Å². The van der Waals surface area contributed by atoms with Gasteiger partial charge < -0.3 is 5.11 Å². The Hall–Kier alpha value is -3.69. The predicted molar refractivity (Wildman–Crippen MR) is 93.2 cm³/mol. The van der Waals surface area contributed by atoms with Gasteiger partial charge in [-0.05, 0) is 30.3 Å². The average molecular weight is 406 g/mol. The van der Waals surface area contributed by atoms with E-state index in [0.717, 1.165) is 18.2 Å². The summed E-state index contributed by atoms with van der Waals surface area (Å²) < 4.78 is 38.9. The van der Waals surface area contributed by atoms with Gasteiger partial charge in [-0.3, -0.25) is 29.0 Å². The summed E-state index contributed by atoms with van der Waals surface area (Å²) in [5.41, 5.74) is -1.20. The van der Waals surface area contributed by atoms with Crippen molar-refractivity contribution in [3.63, 3.8) is 0 Å². The van der Waals surface area contributed by atoms with Crippen molar-refractivity contribution in [3.05, 3.63) is 65.2 Å². The Morgan fingerprint density at radius 1 is 0.966 bits per heavy atom. The fourth-order valence-electron chi connectivity index (χ4n) is 2.91. The molecular weight excluding hydrogens is 393 g/mol. The van der Waals surface area contributed by atoms with Crippen LogP contribution in [0, 0.1) is 0 Å². The molecule has 2 aromatic rings. The highest BCUT2D eigenvalue weighted by Gasteiger charge is 2.38. The molecule has 1 aliphatic rings. The zero-order valence-electron chi connectivity index (χ0n) is 14.6. The highest BCUT2D eigenvalue weighted by Crippen LogP contribution is 2.32. The lowest BCUT2D eigenvalue weighted by Crippen LogP contribution is -2.44. The number of carbonyl (C=O) groups is 4. The van der Waals surface area contributed by atoms with Crippen molar-refractivity contribution in [2.75, 3.05) is 18.0 Å². The van der Waals surface area contributed by atoms with Crippen molar-refractivity contribution in [2.45, 2.75) is 6.18 Å². The minimum atomic E-state index is -4.70. The summed E-state index contributed by atoms with van der Waals surface area (Å²) in [6.45, 7) is -1.75. The van der Waals surface area contributed by atoms with Crippen molar-refractivity contribution >= 4 is 29.4 Å². The fourth-order valence-corrected chi connectivity index (χ4v) is 2.91. The molecule has 0 aliphatic carbocycles. The van der Waals surface area contributed by atoms with E-state index in [2.05, 4.69) is 0 Å². The fraction of sp³-hybridized carbons (Fsp3) is 0.158. The van der Waals surface area contributed by atoms with Crippen LogP contribution in [0.4, 0.5) is 18.9 Å². The number of fused-ring (bicyclic) bond motifs is 1. The molecule has 0 saturated heterocycles. The molecule has 3 rings (SSSR count). The summed E-state index contributed by atoms with van der Waals surface area (Å²) in [6.07, 6.45) is -4.70. The van der Waals surface area contributed by atoms with E-state index in [1.165, 1.54) is 24.3 Å². The van der Waals surface area contributed by atoms with Crippen molar-refractivity contribution in [3.8, 4) is 0 Å². The first-order chi connectivity index (χ1) is 13.6. The molecule has 0 aromatic heterocycles. The molecule has 0 atom stereocenters. The van der Waals surface area contributed by atoms with Crippen LogP contribution >= 0.6 is 0 Å². The Balaban J connectivity index is 1.89. The first kappa shape index (κ1) is 20.1. The maximum atomic E-state index is 13.0. The molecule has 0 saturated carbocycles. The summed E-state index contributed by atoms with van der Waals surface area (Å²) >= 11 is 0. The second-order valence-electron chi connectivity index (χ2n) is 6.16. The molecule has 2 aromatic carbocycles. The minimum Gasteiger partial charge on any atom is -0.480 e. The molecule has 0 fully saturated rings. The van der Waals surface area contributed by atoms with Gasteiger partial charge in [0.25, 0.3) is 11.8 Å². The first-order valence-electron chi connectivity index (χ1n) is 8.24. The van der Waals surface area contributed by atoms with Crippen LogP contribution in [0.15, 0.2) is 48.5 Å². The first-order valence-corrected chi connectivity index (χ1v) is 8.24. The van der Waals surface area contributed by atoms with Gasteiger partial charge >= 0.3 is 12.1 Å². The summed E-state index contributed by atoms with van der Waals surface area (Å²) in [7, 11) is 0. The van der Waals surface area contributed by atoms with Gasteiger partial charge in [0.2, 0.25) is 5.91 Å². The minimum absolute atomic E-state index is 0.0918. The van der Waals surface area contributed by atoms with E-state index in [4.69, 9.17) is 5.11 Å². The topological polar surface area (TPSA) is 95.0 Å². The molecule has 1 heterocycles. The Bertz CT molecular complexity index is 984. The molecule has 10 heteroatoms. The maximum Gasteiger partial charge on any atom is 0.416 e. The SMILES string of the molecule is O=C(O)CN(C(=O)CN1C(=O)c2ccccc2C1=O)c1cccc(C(F)(F)F)c1. The summed E-state index contributed by atoms with van der Waals surface area (Å²) in [5, 5.41) is 9.07. The summed E-state index contributed by atoms with van der Waals surface area (Å²) in [6, 6.07) is 9.45. The van der Waals surface area contributed by atoms with Crippen molar-refractivity contribution in [1.29, 1.82) is 0 Å². The van der Waals surface area contributed by atoms with Crippen LogP contribution in [0.3, 0.4) is 0 Å². The largest absolute Gasteiger partial charge is 0.480 e. The van der Waals surface area contributed by atoms with Gasteiger partial charge in [-0.1, -0.05) is 18.2 Å². The van der Waals surface area contributed by atoms with Crippen LogP contribution in [0.5, 0.6) is 0 Å². The van der Waals surface area contributed by atoms with Gasteiger partial charge in [0.1, 0.15) is 13.1 Å². The smallest absolute Gasteiger partial charge is 0.416 e. The lowest BCUT2D eigenvalue weighted by molar-refractivity contribution is -0.137. The number of benzene rings is 2. The van der Waals surface area contributed by atoms with Crippen molar-refractivity contribution in [1.82, 2.24) is 4.90 Å². The zero-order chi connectivity index (χ0) is 21.3. The molecule has 0 radical (unpaired) electrons. The number of carbonyl (C=O) groups excluding carboxylic acids is 3. The number of aliphatic carboxylic acids is 1. The Morgan fingerprint density at radius 3 is 2.07 bits per heavy atom. The van der Waals surface area contributed by atoms with Gasteiger partial charge in [-0.15, -0.1) is 0 Å². The molecule has 29 heavy (non-hydrogen) atoms. The number of carboxylic acids is 1. The zero-order valence-corrected chi connectivity index (χ0v) is 14.6. The van der Waals surface area contributed by atoms with E-state index < -0.39 is 48.5 Å². The Kier molecular flexibility index (Phi) is 5.10. The Morgan fingerprint density at radius 2 is 1.55 bits per heavy atom. The maximum absolute atomic E-state index is 13.0. The molecular formula is C19H13F3N2O5. The Labute approximate surface area is 161 Å². The molecule has 1 aliphatic heterocycles. The molecule has 0 spiro atoms. The number of rotatable bonds is 5. The molecule has 3 amide bonds.